The number of carboxylic acid groups (broad SMARTS) is 1. The van der Waals surface area contributed by atoms with E-state index in [-0.39, 0.29) is 17.7 Å². The van der Waals surface area contributed by atoms with Crippen molar-refractivity contribution in [2.24, 2.45) is 11.8 Å². The summed E-state index contributed by atoms with van der Waals surface area (Å²) in [5, 5.41) is 10.7. The predicted octanol–water partition coefficient (Wildman–Crippen LogP) is 3.92. The summed E-state index contributed by atoms with van der Waals surface area (Å²) in [4.78, 5) is 53.0. The topological polar surface area (TPSA) is 116 Å². The van der Waals surface area contributed by atoms with Crippen molar-refractivity contribution in [3.05, 3.63) is 64.1 Å². The molecule has 3 aliphatic heterocycles. The molecule has 13 heteroatoms. The molecule has 2 aromatic rings. The number of likely N-dealkylation sites (tertiary alicyclic amines) is 2. The third-order valence-electron chi connectivity index (χ3n) is 7.73. The maximum atomic E-state index is 14.0. The van der Waals surface area contributed by atoms with Crippen molar-refractivity contribution in [2.45, 2.75) is 44.1 Å². The highest BCUT2D eigenvalue weighted by Gasteiger charge is 2.68. The van der Waals surface area contributed by atoms with Crippen LogP contribution in [-0.2, 0) is 25.7 Å². The maximum absolute atomic E-state index is 14.0. The minimum atomic E-state index is -5.08. The summed E-state index contributed by atoms with van der Waals surface area (Å²) in [6.07, 6.45) is -3.78. The number of rotatable bonds is 5. The number of aliphatic carboxylic acids is 1. The third kappa shape index (κ3) is 5.82. The van der Waals surface area contributed by atoms with Gasteiger partial charge in [0.05, 0.1) is 18.9 Å². The number of nitrogens with zero attached hydrogens (tertiary/aromatic N) is 2. The first-order valence-electron chi connectivity index (χ1n) is 12.9. The van der Waals surface area contributed by atoms with Crippen molar-refractivity contribution in [1.82, 2.24) is 15.1 Å². The van der Waals surface area contributed by atoms with E-state index in [4.69, 9.17) is 14.6 Å². The van der Waals surface area contributed by atoms with Crippen molar-refractivity contribution in [2.75, 3.05) is 20.2 Å². The number of nitrogens with one attached hydrogen (secondary N) is 1. The Morgan fingerprint density at radius 1 is 1.10 bits per heavy atom. The van der Waals surface area contributed by atoms with Crippen LogP contribution in [0.25, 0.3) is 0 Å². The van der Waals surface area contributed by atoms with Gasteiger partial charge in [0, 0.05) is 30.1 Å². The normalized spacial score (nSPS) is 25.7. The lowest BCUT2D eigenvalue weighted by Crippen LogP contribution is -2.63. The second-order valence-electron chi connectivity index (χ2n) is 10.1. The molecule has 41 heavy (non-hydrogen) atoms. The smallest absolute Gasteiger partial charge is 0.490 e. The molecule has 4 atom stereocenters. The van der Waals surface area contributed by atoms with Crippen LogP contribution in [0.1, 0.15) is 36.9 Å². The predicted molar refractivity (Wildman–Crippen MR) is 143 cm³/mol. The van der Waals surface area contributed by atoms with Gasteiger partial charge in [-0.25, -0.2) is 4.79 Å². The molecular weight excluding hydrogens is 611 g/mol. The van der Waals surface area contributed by atoms with E-state index >= 15 is 0 Å². The maximum Gasteiger partial charge on any atom is 0.490 e. The SMILES string of the molecule is CCN1C(=O)[C@H]2[C@@H](c3ccc(OC)cc3)N[C@]3(CCCN(Cc4ccc(Br)cc4)C3=O)[C@H]2C1=O.O=C(O)C(F)(F)F. The molecule has 0 aliphatic carbocycles. The molecule has 3 aliphatic rings. The fourth-order valence-electron chi connectivity index (χ4n) is 5.90. The zero-order valence-electron chi connectivity index (χ0n) is 22.3. The number of alkyl halides is 3. The number of methoxy groups -OCH3 is 1. The number of carboxylic acids is 1. The molecule has 3 amide bonds. The van der Waals surface area contributed by atoms with Crippen LogP contribution in [0.4, 0.5) is 13.2 Å². The molecule has 5 rings (SSSR count). The molecule has 2 aromatic carbocycles. The van der Waals surface area contributed by atoms with Gasteiger partial charge in [-0.2, -0.15) is 13.2 Å². The lowest BCUT2D eigenvalue weighted by atomic mass is 9.74. The largest absolute Gasteiger partial charge is 0.497 e. The number of piperidine rings is 1. The summed E-state index contributed by atoms with van der Waals surface area (Å²) >= 11 is 3.45. The van der Waals surface area contributed by atoms with Gasteiger partial charge in [0.25, 0.3) is 0 Å². The van der Waals surface area contributed by atoms with Gasteiger partial charge in [-0.3, -0.25) is 24.6 Å². The fourth-order valence-corrected chi connectivity index (χ4v) is 6.16. The fraction of sp³-hybridized carbons (Fsp3) is 0.429. The van der Waals surface area contributed by atoms with Crippen molar-refractivity contribution in [3.63, 3.8) is 0 Å². The van der Waals surface area contributed by atoms with Gasteiger partial charge in [0.1, 0.15) is 11.3 Å². The van der Waals surface area contributed by atoms with E-state index in [0.717, 1.165) is 22.0 Å². The van der Waals surface area contributed by atoms with Crippen LogP contribution < -0.4 is 10.1 Å². The van der Waals surface area contributed by atoms with E-state index in [1.165, 1.54) is 4.90 Å². The highest BCUT2D eigenvalue weighted by Crippen LogP contribution is 2.52. The van der Waals surface area contributed by atoms with E-state index in [0.29, 0.717) is 31.8 Å². The number of hydrogen-bond acceptors (Lipinski definition) is 6. The zero-order chi connectivity index (χ0) is 30.1. The lowest BCUT2D eigenvalue weighted by molar-refractivity contribution is -0.192. The van der Waals surface area contributed by atoms with Gasteiger partial charge in [-0.15, -0.1) is 0 Å². The van der Waals surface area contributed by atoms with Crippen LogP contribution in [0, 0.1) is 11.8 Å². The number of hydrogen-bond donors (Lipinski definition) is 2. The minimum Gasteiger partial charge on any atom is -0.497 e. The number of fused-ring (bicyclic) bond motifs is 2. The lowest BCUT2D eigenvalue weighted by Gasteiger charge is -2.42. The summed E-state index contributed by atoms with van der Waals surface area (Å²) in [6.45, 7) is 3.22. The number of carbonyl (C=O) groups excluding carboxylic acids is 3. The van der Waals surface area contributed by atoms with Gasteiger partial charge in [0.15, 0.2) is 0 Å². The quantitative estimate of drug-likeness (QED) is 0.477. The molecular formula is C28H29BrF3N3O6. The Morgan fingerprint density at radius 3 is 2.24 bits per heavy atom. The van der Waals surface area contributed by atoms with Gasteiger partial charge in [-0.05, 0) is 55.2 Å². The standard InChI is InChI=1S/C26H28BrN3O4.C2HF3O2/c1-3-30-23(31)20-21(24(30)32)26(28-22(20)17-7-11-19(34-2)12-8-17)13-4-14-29(25(26)33)15-16-5-9-18(27)10-6-16;3-2(4,5)1(6)7/h5-12,20-22,28H,3-4,13-15H2,1-2H3;(H,6,7)/t20-,21-,22-,26-;/m1./s1. The van der Waals surface area contributed by atoms with E-state index < -0.39 is 35.6 Å². The van der Waals surface area contributed by atoms with Crippen LogP contribution >= 0.6 is 15.9 Å². The van der Waals surface area contributed by atoms with Crippen LogP contribution in [0.15, 0.2) is 53.0 Å². The number of halogens is 4. The van der Waals surface area contributed by atoms with Crippen LogP contribution in [0.5, 0.6) is 5.75 Å². The summed E-state index contributed by atoms with van der Waals surface area (Å²) in [7, 11) is 1.60. The first-order chi connectivity index (χ1) is 19.3. The average molecular weight is 640 g/mol. The second kappa shape index (κ2) is 11.8. The molecule has 3 saturated heterocycles. The Morgan fingerprint density at radius 2 is 1.71 bits per heavy atom. The van der Waals surface area contributed by atoms with Crippen molar-refractivity contribution in [3.8, 4) is 5.75 Å². The number of amides is 3. The second-order valence-corrected chi connectivity index (χ2v) is 11.0. The molecule has 220 valence electrons. The highest BCUT2D eigenvalue weighted by atomic mass is 79.9. The first kappa shape index (κ1) is 30.5. The monoisotopic (exact) mass is 639 g/mol. The summed E-state index contributed by atoms with van der Waals surface area (Å²) < 4.78 is 38.0. The molecule has 1 spiro atoms. The Labute approximate surface area is 242 Å². The summed E-state index contributed by atoms with van der Waals surface area (Å²) in [5.41, 5.74) is 0.822. The number of benzene rings is 2. The van der Waals surface area contributed by atoms with E-state index in [1.54, 1.807) is 7.11 Å². The van der Waals surface area contributed by atoms with Gasteiger partial charge in [0.2, 0.25) is 17.7 Å². The Bertz CT molecular complexity index is 1320. The molecule has 0 unspecified atom stereocenters. The van der Waals surface area contributed by atoms with Crippen molar-refractivity contribution < 1.29 is 42.2 Å². The Hall–Kier alpha value is -3.45. The Balaban J connectivity index is 0.000000493. The summed E-state index contributed by atoms with van der Waals surface area (Å²) in [5.74, 6) is -3.87. The van der Waals surface area contributed by atoms with Crippen LogP contribution in [0.2, 0.25) is 0 Å². The minimum absolute atomic E-state index is 0.0909. The number of ether oxygens (including phenoxy) is 1. The highest BCUT2D eigenvalue weighted by molar-refractivity contribution is 9.10. The van der Waals surface area contributed by atoms with Crippen LogP contribution in [-0.4, -0.2) is 70.5 Å². The third-order valence-corrected chi connectivity index (χ3v) is 8.26. The molecule has 0 saturated carbocycles. The van der Waals surface area contributed by atoms with Gasteiger partial charge in [-0.1, -0.05) is 40.2 Å². The van der Waals surface area contributed by atoms with E-state index in [9.17, 15) is 27.6 Å². The molecule has 0 aromatic heterocycles. The number of imide groups is 1. The van der Waals surface area contributed by atoms with Crippen molar-refractivity contribution in [1.29, 1.82) is 0 Å². The van der Waals surface area contributed by atoms with Gasteiger partial charge >= 0.3 is 12.1 Å². The molecule has 3 fully saturated rings. The molecule has 3 heterocycles. The van der Waals surface area contributed by atoms with Crippen molar-refractivity contribution >= 4 is 39.6 Å². The summed E-state index contributed by atoms with van der Waals surface area (Å²) in [6, 6.07) is 15.0. The van der Waals surface area contributed by atoms with E-state index in [2.05, 4.69) is 21.2 Å². The van der Waals surface area contributed by atoms with E-state index in [1.807, 2.05) is 60.4 Å². The average Bonchev–Trinajstić information content (AvgIpc) is 3.41. The zero-order valence-corrected chi connectivity index (χ0v) is 23.9. The Kier molecular flexibility index (Phi) is 8.78. The number of carbonyl (C=O) groups is 4. The van der Waals surface area contributed by atoms with Crippen LogP contribution in [0.3, 0.4) is 0 Å². The molecule has 0 bridgehead atoms. The first-order valence-corrected chi connectivity index (χ1v) is 13.7. The molecule has 2 N–H and O–H groups in total. The molecule has 0 radical (unpaired) electrons. The molecule has 9 nitrogen and oxygen atoms in total. The van der Waals surface area contributed by atoms with Gasteiger partial charge < -0.3 is 14.7 Å².